The van der Waals surface area contributed by atoms with Gasteiger partial charge in [-0.15, -0.1) is 0 Å². The summed E-state index contributed by atoms with van der Waals surface area (Å²) in [6, 6.07) is 17.5. The molecular weight excluding hydrogens is 368 g/mol. The van der Waals surface area contributed by atoms with E-state index in [0.29, 0.717) is 0 Å². The second-order valence-corrected chi connectivity index (χ2v) is 7.79. The maximum Gasteiger partial charge on any atom is 0.137 e. The lowest BCUT2D eigenvalue weighted by Crippen LogP contribution is -2.09. The van der Waals surface area contributed by atoms with Gasteiger partial charge in [0.2, 0.25) is 0 Å². The van der Waals surface area contributed by atoms with Gasteiger partial charge in [0.05, 0.1) is 5.36 Å². The van der Waals surface area contributed by atoms with Crippen LogP contribution >= 0.6 is 0 Å². The van der Waals surface area contributed by atoms with Crippen LogP contribution < -0.4 is 10.7 Å². The van der Waals surface area contributed by atoms with Crippen molar-refractivity contribution in [2.45, 2.75) is 41.0 Å². The van der Waals surface area contributed by atoms with Crippen LogP contribution in [0.5, 0.6) is 0 Å². The highest BCUT2D eigenvalue weighted by atomic mass is 16.3. The van der Waals surface area contributed by atoms with Gasteiger partial charge in [0.1, 0.15) is 11.3 Å². The lowest BCUT2D eigenvalue weighted by Gasteiger charge is -2.20. The van der Waals surface area contributed by atoms with Crippen molar-refractivity contribution in [3.63, 3.8) is 0 Å². The number of nitrogens with zero attached hydrogens (tertiary/aromatic N) is 1. The van der Waals surface area contributed by atoms with Gasteiger partial charge in [-0.2, -0.15) is 0 Å². The summed E-state index contributed by atoms with van der Waals surface area (Å²) >= 11 is 0. The average Bonchev–Trinajstić information content (AvgIpc) is 2.74. The van der Waals surface area contributed by atoms with Crippen molar-refractivity contribution in [2.24, 2.45) is 4.99 Å². The summed E-state index contributed by atoms with van der Waals surface area (Å²) in [5.41, 5.74) is 9.44. The second kappa shape index (κ2) is 8.35. The number of nitrogens with one attached hydrogen (secondary N) is 1. The molecule has 1 N–H and O–H groups in total. The first-order valence-corrected chi connectivity index (χ1v) is 10.9. The predicted molar refractivity (Wildman–Crippen MR) is 127 cm³/mol. The average molecular weight is 399 g/mol. The molecule has 4 rings (SSSR count). The predicted octanol–water partition coefficient (Wildman–Crippen LogP) is 6.74. The number of hydrogen-bond donors (Lipinski definition) is 1. The summed E-state index contributed by atoms with van der Waals surface area (Å²) in [7, 11) is 0. The van der Waals surface area contributed by atoms with Gasteiger partial charge >= 0.3 is 0 Å². The molecule has 0 spiro atoms. The first-order chi connectivity index (χ1) is 14.6. The molecule has 1 aliphatic heterocycles. The van der Waals surface area contributed by atoms with E-state index < -0.39 is 0 Å². The highest BCUT2D eigenvalue weighted by Gasteiger charge is 2.20. The highest BCUT2D eigenvalue weighted by Crippen LogP contribution is 2.42. The number of rotatable bonds is 5. The molecule has 1 heterocycles. The Balaban J connectivity index is 2.18. The standard InChI is InChI=1S/C27H30N2O/c1-6-19-11-9-10-12-20(19)27-21-13-17(4)23(28-7-2)15-25(21)30-26-16-24(29-8-3)18(5)14-22(26)27/h9-16,28H,6-8H2,1-5H3. The van der Waals surface area contributed by atoms with E-state index >= 15 is 0 Å². The van der Waals surface area contributed by atoms with Crippen LogP contribution in [0.3, 0.4) is 0 Å². The Labute approximate surface area is 178 Å². The molecule has 0 bridgehead atoms. The van der Waals surface area contributed by atoms with Crippen LogP contribution in [0.4, 0.5) is 5.69 Å². The highest BCUT2D eigenvalue weighted by molar-refractivity contribution is 6.03. The molecule has 0 fully saturated rings. The van der Waals surface area contributed by atoms with Crippen LogP contribution in [0.2, 0.25) is 0 Å². The molecule has 0 radical (unpaired) electrons. The number of benzene rings is 3. The molecular formula is C27H30N2O. The van der Waals surface area contributed by atoms with Gasteiger partial charge < -0.3 is 9.73 Å². The normalized spacial score (nSPS) is 12.1. The summed E-state index contributed by atoms with van der Waals surface area (Å²) in [5.74, 6) is 0.882. The summed E-state index contributed by atoms with van der Waals surface area (Å²) in [4.78, 5) is 4.66. The van der Waals surface area contributed by atoms with Crippen molar-refractivity contribution in [2.75, 3.05) is 18.4 Å². The van der Waals surface area contributed by atoms with Gasteiger partial charge in [0, 0.05) is 47.4 Å². The fourth-order valence-corrected chi connectivity index (χ4v) is 4.27. The number of hydrogen-bond acceptors (Lipinski definition) is 3. The molecule has 0 aromatic heterocycles. The molecule has 30 heavy (non-hydrogen) atoms. The van der Waals surface area contributed by atoms with Crippen LogP contribution in [-0.4, -0.2) is 13.1 Å². The third-order valence-electron chi connectivity index (χ3n) is 5.75. The molecule has 2 aliphatic rings. The fourth-order valence-electron chi connectivity index (χ4n) is 4.27. The molecule has 0 atom stereocenters. The largest absolute Gasteiger partial charge is 0.456 e. The van der Waals surface area contributed by atoms with Crippen molar-refractivity contribution in [1.29, 1.82) is 0 Å². The minimum Gasteiger partial charge on any atom is -0.456 e. The molecule has 0 amide bonds. The molecule has 3 heteroatoms. The quantitative estimate of drug-likeness (QED) is 0.378. The molecule has 3 nitrogen and oxygen atoms in total. The van der Waals surface area contributed by atoms with Crippen molar-refractivity contribution < 1.29 is 4.42 Å². The topological polar surface area (TPSA) is 37.5 Å². The van der Waals surface area contributed by atoms with Crippen molar-refractivity contribution in [3.8, 4) is 22.5 Å². The monoisotopic (exact) mass is 398 g/mol. The third kappa shape index (κ3) is 3.49. The van der Waals surface area contributed by atoms with Gasteiger partial charge in [0.25, 0.3) is 0 Å². The van der Waals surface area contributed by atoms with E-state index in [4.69, 9.17) is 4.42 Å². The first kappa shape index (κ1) is 20.2. The summed E-state index contributed by atoms with van der Waals surface area (Å²) < 4.78 is 6.47. The van der Waals surface area contributed by atoms with Crippen LogP contribution in [0.1, 0.15) is 37.5 Å². The van der Waals surface area contributed by atoms with Crippen LogP contribution in [0, 0.1) is 13.8 Å². The summed E-state index contributed by atoms with van der Waals surface area (Å²) in [6.07, 6.45) is 0.988. The minimum absolute atomic E-state index is 0.759. The Morgan fingerprint density at radius 3 is 2.43 bits per heavy atom. The van der Waals surface area contributed by atoms with Crippen LogP contribution in [0.15, 0.2) is 57.9 Å². The molecule has 0 unspecified atom stereocenters. The van der Waals surface area contributed by atoms with Gasteiger partial charge in [-0.1, -0.05) is 31.2 Å². The van der Waals surface area contributed by atoms with Gasteiger partial charge in [-0.25, -0.2) is 0 Å². The second-order valence-electron chi connectivity index (χ2n) is 7.79. The van der Waals surface area contributed by atoms with Gasteiger partial charge in [-0.05, 0) is 68.5 Å². The number of aryl methyl sites for hydroxylation is 3. The molecule has 2 aromatic rings. The van der Waals surface area contributed by atoms with Gasteiger partial charge in [0.15, 0.2) is 0 Å². The zero-order chi connectivity index (χ0) is 21.3. The van der Waals surface area contributed by atoms with Crippen LogP contribution in [0.25, 0.3) is 33.4 Å². The molecule has 1 aliphatic carbocycles. The van der Waals surface area contributed by atoms with Crippen molar-refractivity contribution in [3.05, 3.63) is 70.6 Å². The summed E-state index contributed by atoms with van der Waals surface area (Å²) in [5, 5.41) is 5.62. The van der Waals surface area contributed by atoms with E-state index in [1.807, 2.05) is 0 Å². The lowest BCUT2D eigenvalue weighted by atomic mass is 9.88. The molecule has 2 aromatic carbocycles. The third-order valence-corrected chi connectivity index (χ3v) is 5.75. The first-order valence-electron chi connectivity index (χ1n) is 10.9. The zero-order valence-corrected chi connectivity index (χ0v) is 18.6. The Bertz CT molecular complexity index is 1250. The smallest absolute Gasteiger partial charge is 0.137 e. The van der Waals surface area contributed by atoms with E-state index in [2.05, 4.69) is 93.5 Å². The maximum atomic E-state index is 6.47. The molecule has 154 valence electrons. The van der Waals surface area contributed by atoms with E-state index in [1.165, 1.54) is 27.8 Å². The Morgan fingerprint density at radius 2 is 1.70 bits per heavy atom. The fraction of sp³-hybridized carbons (Fsp3) is 0.296. The Hall–Kier alpha value is -3.07. The van der Waals surface area contributed by atoms with E-state index in [1.54, 1.807) is 0 Å². The Kier molecular flexibility index (Phi) is 5.63. The van der Waals surface area contributed by atoms with Crippen LogP contribution in [-0.2, 0) is 6.42 Å². The van der Waals surface area contributed by atoms with Crippen molar-refractivity contribution >= 4 is 16.7 Å². The number of anilines is 1. The van der Waals surface area contributed by atoms with E-state index in [0.717, 1.165) is 52.8 Å². The van der Waals surface area contributed by atoms with Gasteiger partial charge in [-0.3, -0.25) is 4.99 Å². The number of fused-ring (bicyclic) bond motifs is 2. The maximum absolute atomic E-state index is 6.47. The molecule has 0 saturated carbocycles. The summed E-state index contributed by atoms with van der Waals surface area (Å²) in [6.45, 7) is 12.3. The molecule has 0 saturated heterocycles. The Morgan fingerprint density at radius 1 is 0.900 bits per heavy atom. The van der Waals surface area contributed by atoms with E-state index in [9.17, 15) is 0 Å². The SMILES string of the molecule is CCN=c1cc2oc3cc(NCC)c(C)cc3c(-c3ccccc3CC)c-2cc1C. The minimum atomic E-state index is 0.759. The zero-order valence-electron chi connectivity index (χ0n) is 18.6. The van der Waals surface area contributed by atoms with Crippen molar-refractivity contribution in [1.82, 2.24) is 0 Å². The van der Waals surface area contributed by atoms with E-state index in [-0.39, 0.29) is 0 Å². The lowest BCUT2D eigenvalue weighted by molar-refractivity contribution is 0.618.